The number of aryl methyl sites for hydroxylation is 1. The first-order valence-corrected chi connectivity index (χ1v) is 5.01. The third-order valence-electron chi connectivity index (χ3n) is 2.26. The second-order valence-corrected chi connectivity index (χ2v) is 3.73. The van der Waals surface area contributed by atoms with Crippen LogP contribution in [0.15, 0.2) is 24.7 Å². The Morgan fingerprint density at radius 1 is 1.44 bits per heavy atom. The van der Waals surface area contributed by atoms with Crippen molar-refractivity contribution in [3.8, 4) is 0 Å². The number of carbonyl (C=O) groups excluding carboxylic acids is 1. The van der Waals surface area contributed by atoms with Gasteiger partial charge in [-0.1, -0.05) is 0 Å². The third-order valence-corrected chi connectivity index (χ3v) is 2.26. The molecule has 0 radical (unpaired) electrons. The molecule has 0 aliphatic rings. The van der Waals surface area contributed by atoms with Crippen molar-refractivity contribution < 1.29 is 13.6 Å². The standard InChI is InChI=1S/C11H10F2N4O/c1-17-4-9(15-5-17)11(18)16-10-7(13)2-6(12)3-8(10)14/h2-5H,14H2,1H3,(H,16,18). The molecule has 0 unspecified atom stereocenters. The molecular formula is C11H10F2N4O. The lowest BCUT2D eigenvalue weighted by Gasteiger charge is -2.08. The molecule has 0 fully saturated rings. The van der Waals surface area contributed by atoms with Gasteiger partial charge in [0.2, 0.25) is 0 Å². The first-order valence-electron chi connectivity index (χ1n) is 5.01. The Hall–Kier alpha value is -2.44. The molecule has 18 heavy (non-hydrogen) atoms. The molecule has 0 spiro atoms. The van der Waals surface area contributed by atoms with Gasteiger partial charge in [-0.15, -0.1) is 0 Å². The van der Waals surface area contributed by atoms with E-state index in [9.17, 15) is 13.6 Å². The van der Waals surface area contributed by atoms with E-state index in [1.807, 2.05) is 0 Å². The molecule has 0 saturated carbocycles. The summed E-state index contributed by atoms with van der Waals surface area (Å²) in [5.41, 5.74) is 5.10. The predicted molar refractivity (Wildman–Crippen MR) is 61.9 cm³/mol. The summed E-state index contributed by atoms with van der Waals surface area (Å²) in [6.45, 7) is 0. The maximum atomic E-state index is 13.4. The van der Waals surface area contributed by atoms with Crippen LogP contribution in [0.2, 0.25) is 0 Å². The van der Waals surface area contributed by atoms with Gasteiger partial charge < -0.3 is 15.6 Å². The first-order chi connectivity index (χ1) is 8.47. The first kappa shape index (κ1) is 12.0. The molecular weight excluding hydrogens is 242 g/mol. The fourth-order valence-electron chi connectivity index (χ4n) is 1.43. The van der Waals surface area contributed by atoms with Crippen LogP contribution in [0.5, 0.6) is 0 Å². The smallest absolute Gasteiger partial charge is 0.275 e. The van der Waals surface area contributed by atoms with Gasteiger partial charge in [0.1, 0.15) is 17.2 Å². The van der Waals surface area contributed by atoms with Crippen LogP contribution in [0, 0.1) is 11.6 Å². The lowest BCUT2D eigenvalue weighted by molar-refractivity contribution is 0.102. The molecule has 94 valence electrons. The number of halogens is 2. The number of nitrogen functional groups attached to an aromatic ring is 1. The number of carbonyl (C=O) groups is 1. The van der Waals surface area contributed by atoms with Gasteiger partial charge in [-0.25, -0.2) is 13.8 Å². The molecule has 0 atom stereocenters. The molecule has 5 nitrogen and oxygen atoms in total. The van der Waals surface area contributed by atoms with Crippen molar-refractivity contribution in [1.29, 1.82) is 0 Å². The molecule has 7 heteroatoms. The van der Waals surface area contributed by atoms with Crippen LogP contribution >= 0.6 is 0 Å². The Balaban J connectivity index is 2.27. The van der Waals surface area contributed by atoms with E-state index >= 15 is 0 Å². The highest BCUT2D eigenvalue weighted by atomic mass is 19.1. The number of amides is 1. The van der Waals surface area contributed by atoms with Crippen molar-refractivity contribution in [2.24, 2.45) is 7.05 Å². The zero-order valence-corrected chi connectivity index (χ0v) is 9.45. The number of anilines is 2. The Kier molecular flexibility index (Phi) is 2.97. The van der Waals surface area contributed by atoms with E-state index in [1.54, 1.807) is 11.6 Å². The molecule has 1 aromatic heterocycles. The van der Waals surface area contributed by atoms with Gasteiger partial charge in [0.15, 0.2) is 5.82 Å². The largest absolute Gasteiger partial charge is 0.397 e. The average molecular weight is 252 g/mol. The normalized spacial score (nSPS) is 10.4. The van der Waals surface area contributed by atoms with Crippen molar-refractivity contribution in [2.75, 3.05) is 11.1 Å². The Labute approximate surface area is 101 Å². The monoisotopic (exact) mass is 252 g/mol. The predicted octanol–water partition coefficient (Wildman–Crippen LogP) is 1.53. The van der Waals surface area contributed by atoms with Gasteiger partial charge in [0.25, 0.3) is 5.91 Å². The minimum absolute atomic E-state index is 0.112. The zero-order chi connectivity index (χ0) is 13.3. The number of rotatable bonds is 2. The lowest BCUT2D eigenvalue weighted by atomic mass is 10.2. The van der Waals surface area contributed by atoms with Gasteiger partial charge in [0.05, 0.1) is 12.0 Å². The molecule has 1 heterocycles. The maximum absolute atomic E-state index is 13.4. The lowest BCUT2D eigenvalue weighted by Crippen LogP contribution is -2.15. The van der Waals surface area contributed by atoms with Gasteiger partial charge in [0, 0.05) is 19.3 Å². The second-order valence-electron chi connectivity index (χ2n) is 3.73. The second kappa shape index (κ2) is 4.44. The van der Waals surface area contributed by atoms with E-state index in [-0.39, 0.29) is 17.1 Å². The van der Waals surface area contributed by atoms with E-state index in [2.05, 4.69) is 10.3 Å². The van der Waals surface area contributed by atoms with Crippen LogP contribution in [-0.2, 0) is 7.05 Å². The minimum Gasteiger partial charge on any atom is -0.397 e. The third kappa shape index (κ3) is 2.29. The van der Waals surface area contributed by atoms with Crippen molar-refractivity contribution in [2.45, 2.75) is 0 Å². The molecule has 3 N–H and O–H groups in total. The van der Waals surface area contributed by atoms with E-state index in [0.717, 1.165) is 6.07 Å². The summed E-state index contributed by atoms with van der Waals surface area (Å²) in [7, 11) is 1.69. The van der Waals surface area contributed by atoms with E-state index in [0.29, 0.717) is 6.07 Å². The van der Waals surface area contributed by atoms with Gasteiger partial charge in [-0.3, -0.25) is 4.79 Å². The molecule has 0 aliphatic heterocycles. The van der Waals surface area contributed by atoms with Crippen molar-refractivity contribution in [3.63, 3.8) is 0 Å². The molecule has 2 aromatic rings. The Morgan fingerprint density at radius 2 is 2.17 bits per heavy atom. The van der Waals surface area contributed by atoms with Crippen molar-refractivity contribution >= 4 is 17.3 Å². The number of hydrogen-bond donors (Lipinski definition) is 2. The number of nitrogens with two attached hydrogens (primary N) is 1. The van der Waals surface area contributed by atoms with Crippen LogP contribution in [0.3, 0.4) is 0 Å². The van der Waals surface area contributed by atoms with Crippen LogP contribution in [0.25, 0.3) is 0 Å². The van der Waals surface area contributed by atoms with Gasteiger partial charge in [-0.2, -0.15) is 0 Å². The quantitative estimate of drug-likeness (QED) is 0.796. The van der Waals surface area contributed by atoms with E-state index in [4.69, 9.17) is 5.73 Å². The molecule has 2 rings (SSSR count). The molecule has 0 bridgehead atoms. The summed E-state index contributed by atoms with van der Waals surface area (Å²) in [4.78, 5) is 15.5. The van der Waals surface area contributed by atoms with E-state index in [1.165, 1.54) is 12.5 Å². The van der Waals surface area contributed by atoms with Crippen LogP contribution in [0.1, 0.15) is 10.5 Å². The molecule has 1 aromatic carbocycles. The van der Waals surface area contributed by atoms with Crippen molar-refractivity contribution in [1.82, 2.24) is 9.55 Å². The van der Waals surface area contributed by atoms with Gasteiger partial charge >= 0.3 is 0 Å². The van der Waals surface area contributed by atoms with Crippen LogP contribution in [-0.4, -0.2) is 15.5 Å². The highest BCUT2D eigenvalue weighted by Gasteiger charge is 2.15. The number of nitrogens with zero attached hydrogens (tertiary/aromatic N) is 2. The highest BCUT2D eigenvalue weighted by molar-refractivity contribution is 6.04. The number of imidazole rings is 1. The molecule has 0 aliphatic carbocycles. The summed E-state index contributed by atoms with van der Waals surface area (Å²) >= 11 is 0. The summed E-state index contributed by atoms with van der Waals surface area (Å²) in [5, 5.41) is 2.25. The van der Waals surface area contributed by atoms with Crippen molar-refractivity contribution in [3.05, 3.63) is 42.0 Å². The summed E-state index contributed by atoms with van der Waals surface area (Å²) in [6, 6.07) is 1.57. The molecule has 0 saturated heterocycles. The zero-order valence-electron chi connectivity index (χ0n) is 9.45. The fourth-order valence-corrected chi connectivity index (χ4v) is 1.43. The summed E-state index contributed by atoms with van der Waals surface area (Å²) in [5.74, 6) is -2.36. The summed E-state index contributed by atoms with van der Waals surface area (Å²) < 4.78 is 27.8. The SMILES string of the molecule is Cn1cnc(C(=O)Nc2c(N)cc(F)cc2F)c1. The minimum atomic E-state index is -0.934. The topological polar surface area (TPSA) is 72.9 Å². The Bertz CT molecular complexity index is 586. The number of nitrogens with one attached hydrogen (secondary N) is 1. The van der Waals surface area contributed by atoms with E-state index < -0.39 is 17.5 Å². The number of aromatic nitrogens is 2. The van der Waals surface area contributed by atoms with Crippen LogP contribution < -0.4 is 11.1 Å². The highest BCUT2D eigenvalue weighted by Crippen LogP contribution is 2.24. The summed E-state index contributed by atoms with van der Waals surface area (Å²) in [6.07, 6.45) is 2.90. The number of benzene rings is 1. The van der Waals surface area contributed by atoms with Gasteiger partial charge in [-0.05, 0) is 6.07 Å². The molecule has 1 amide bonds. The maximum Gasteiger partial charge on any atom is 0.275 e. The fraction of sp³-hybridized carbons (Fsp3) is 0.0909. The van der Waals surface area contributed by atoms with Crippen LogP contribution in [0.4, 0.5) is 20.2 Å². The average Bonchev–Trinajstić information content (AvgIpc) is 2.70. The Morgan fingerprint density at radius 3 is 2.72 bits per heavy atom. The number of hydrogen-bond acceptors (Lipinski definition) is 3.